The Morgan fingerprint density at radius 1 is 1.42 bits per heavy atom. The predicted octanol–water partition coefficient (Wildman–Crippen LogP) is 3.22. The molecule has 1 aromatic rings. The highest BCUT2D eigenvalue weighted by molar-refractivity contribution is 6.34. The van der Waals surface area contributed by atoms with E-state index in [0.717, 1.165) is 16.3 Å². The second kappa shape index (κ2) is 2.98. The lowest BCUT2D eigenvalue weighted by Gasteiger charge is -2.07. The summed E-state index contributed by atoms with van der Waals surface area (Å²) in [5.41, 5.74) is 2.22. The number of hydrogen-bond acceptors (Lipinski definition) is 1. The average Bonchev–Trinajstić information content (AvgIpc) is 2.83. The molecule has 1 nitrogen and oxygen atoms in total. The van der Waals surface area contributed by atoms with Crippen molar-refractivity contribution in [1.82, 2.24) is 0 Å². The van der Waals surface area contributed by atoms with Gasteiger partial charge in [-0.3, -0.25) is 0 Å². The second-order valence-corrected chi connectivity index (χ2v) is 3.73. The molecule has 1 aromatic carbocycles. The zero-order chi connectivity index (χ0) is 8.55. The molecule has 0 heterocycles. The smallest absolute Gasteiger partial charge is 0.0666 e. The first kappa shape index (κ1) is 7.93. The van der Waals surface area contributed by atoms with Crippen molar-refractivity contribution in [2.24, 2.45) is 0 Å². The summed E-state index contributed by atoms with van der Waals surface area (Å²) in [6, 6.07) is 6.77. The molecule has 2 rings (SSSR count). The number of aryl methyl sites for hydroxylation is 1. The summed E-state index contributed by atoms with van der Waals surface area (Å²) in [5, 5.41) is 4.26. The van der Waals surface area contributed by atoms with Gasteiger partial charge in [-0.15, -0.1) is 0 Å². The molecule has 64 valence electrons. The summed E-state index contributed by atoms with van der Waals surface area (Å²) >= 11 is 6.10. The van der Waals surface area contributed by atoms with Gasteiger partial charge in [-0.1, -0.05) is 23.7 Å². The molecule has 0 aromatic heterocycles. The van der Waals surface area contributed by atoms with Gasteiger partial charge in [0.2, 0.25) is 0 Å². The van der Waals surface area contributed by atoms with Crippen molar-refractivity contribution < 1.29 is 0 Å². The third kappa shape index (κ3) is 1.56. The fourth-order valence-electron chi connectivity index (χ4n) is 1.21. The van der Waals surface area contributed by atoms with Crippen LogP contribution in [0.5, 0.6) is 0 Å². The highest BCUT2D eigenvalue weighted by Crippen LogP contribution is 2.30. The van der Waals surface area contributed by atoms with E-state index >= 15 is 0 Å². The zero-order valence-corrected chi connectivity index (χ0v) is 7.86. The Kier molecular flexibility index (Phi) is 1.97. The summed E-state index contributed by atoms with van der Waals surface area (Å²) in [6.45, 7) is 2.03. The van der Waals surface area contributed by atoms with Gasteiger partial charge in [0.15, 0.2) is 0 Å². The van der Waals surface area contributed by atoms with Crippen LogP contribution < -0.4 is 5.32 Å². The molecule has 0 amide bonds. The van der Waals surface area contributed by atoms with E-state index < -0.39 is 0 Å². The Balaban J connectivity index is 2.23. The van der Waals surface area contributed by atoms with Crippen LogP contribution in [0.25, 0.3) is 0 Å². The third-order valence-corrected chi connectivity index (χ3v) is 2.63. The van der Waals surface area contributed by atoms with Gasteiger partial charge in [-0.2, -0.15) is 0 Å². The highest BCUT2D eigenvalue weighted by atomic mass is 35.5. The molecule has 1 fully saturated rings. The molecule has 0 aliphatic heterocycles. The molecule has 2 heteroatoms. The van der Waals surface area contributed by atoms with Crippen LogP contribution in [0.2, 0.25) is 5.02 Å². The Bertz CT molecular complexity index is 292. The molecule has 1 aliphatic rings. The molecule has 0 radical (unpaired) electrons. The minimum absolute atomic E-state index is 0.671. The summed E-state index contributed by atoms with van der Waals surface area (Å²) in [7, 11) is 0. The lowest BCUT2D eigenvalue weighted by atomic mass is 10.2. The molecule has 0 saturated heterocycles. The molecular weight excluding hydrogens is 170 g/mol. The van der Waals surface area contributed by atoms with Crippen molar-refractivity contribution in [3.8, 4) is 0 Å². The van der Waals surface area contributed by atoms with Crippen LogP contribution in [0.15, 0.2) is 18.2 Å². The van der Waals surface area contributed by atoms with Crippen molar-refractivity contribution in [3.05, 3.63) is 28.8 Å². The lowest BCUT2D eigenvalue weighted by Crippen LogP contribution is -2.01. The van der Waals surface area contributed by atoms with Crippen molar-refractivity contribution in [3.63, 3.8) is 0 Å². The van der Waals surface area contributed by atoms with Crippen LogP contribution in [0, 0.1) is 6.92 Å². The summed E-state index contributed by atoms with van der Waals surface area (Å²) in [4.78, 5) is 0. The quantitative estimate of drug-likeness (QED) is 0.739. The second-order valence-electron chi connectivity index (χ2n) is 3.36. The molecule has 0 spiro atoms. The van der Waals surface area contributed by atoms with Gasteiger partial charge < -0.3 is 5.32 Å². The van der Waals surface area contributed by atoms with E-state index in [4.69, 9.17) is 11.6 Å². The first-order valence-corrected chi connectivity index (χ1v) is 4.67. The molecule has 1 saturated carbocycles. The van der Waals surface area contributed by atoms with Crippen LogP contribution in [0.4, 0.5) is 5.69 Å². The van der Waals surface area contributed by atoms with Gasteiger partial charge in [-0.25, -0.2) is 0 Å². The van der Waals surface area contributed by atoms with Crippen molar-refractivity contribution in [1.29, 1.82) is 0 Å². The van der Waals surface area contributed by atoms with Gasteiger partial charge in [0.1, 0.15) is 0 Å². The molecule has 12 heavy (non-hydrogen) atoms. The van der Waals surface area contributed by atoms with Crippen molar-refractivity contribution in [2.45, 2.75) is 25.8 Å². The minimum atomic E-state index is 0.671. The van der Waals surface area contributed by atoms with Gasteiger partial charge in [0, 0.05) is 6.04 Å². The van der Waals surface area contributed by atoms with Crippen LogP contribution in [0.3, 0.4) is 0 Å². The molecule has 0 bridgehead atoms. The van der Waals surface area contributed by atoms with Crippen LogP contribution in [0.1, 0.15) is 18.4 Å². The van der Waals surface area contributed by atoms with Crippen molar-refractivity contribution >= 4 is 17.3 Å². The van der Waals surface area contributed by atoms with Crippen molar-refractivity contribution in [2.75, 3.05) is 5.32 Å². The van der Waals surface area contributed by atoms with Crippen LogP contribution >= 0.6 is 11.6 Å². The number of benzene rings is 1. The summed E-state index contributed by atoms with van der Waals surface area (Å²) < 4.78 is 0. The topological polar surface area (TPSA) is 12.0 Å². The van der Waals surface area contributed by atoms with Gasteiger partial charge in [0.25, 0.3) is 0 Å². The third-order valence-electron chi connectivity index (χ3n) is 2.13. The molecule has 1 N–H and O–H groups in total. The Morgan fingerprint density at radius 2 is 2.17 bits per heavy atom. The SMILES string of the molecule is Cc1cccc(NC2CC2)c1Cl. The van der Waals surface area contributed by atoms with Crippen LogP contribution in [-0.4, -0.2) is 6.04 Å². The van der Waals surface area contributed by atoms with Crippen LogP contribution in [-0.2, 0) is 0 Å². The van der Waals surface area contributed by atoms with Gasteiger partial charge in [0.05, 0.1) is 10.7 Å². The summed E-state index contributed by atoms with van der Waals surface area (Å²) in [5.74, 6) is 0. The monoisotopic (exact) mass is 181 g/mol. The minimum Gasteiger partial charge on any atom is -0.381 e. The molecule has 1 aliphatic carbocycles. The molecular formula is C10H12ClN. The maximum absolute atomic E-state index is 6.10. The normalized spacial score (nSPS) is 16.2. The number of rotatable bonds is 2. The van der Waals surface area contributed by atoms with E-state index in [9.17, 15) is 0 Å². The Hall–Kier alpha value is -0.690. The fraction of sp³-hybridized carbons (Fsp3) is 0.400. The van der Waals surface area contributed by atoms with E-state index in [-0.39, 0.29) is 0 Å². The highest BCUT2D eigenvalue weighted by Gasteiger charge is 2.21. The summed E-state index contributed by atoms with van der Waals surface area (Å²) in [6.07, 6.45) is 2.56. The number of halogens is 1. The number of hydrogen-bond donors (Lipinski definition) is 1. The largest absolute Gasteiger partial charge is 0.381 e. The fourth-order valence-corrected chi connectivity index (χ4v) is 1.39. The van der Waals surface area contributed by atoms with Gasteiger partial charge >= 0.3 is 0 Å². The molecule has 0 unspecified atom stereocenters. The lowest BCUT2D eigenvalue weighted by molar-refractivity contribution is 1.15. The maximum atomic E-state index is 6.10. The standard InChI is InChI=1S/C10H12ClN/c1-7-3-2-4-9(10(7)11)12-8-5-6-8/h2-4,8,12H,5-6H2,1H3. The van der Waals surface area contributed by atoms with E-state index in [1.807, 2.05) is 25.1 Å². The van der Waals surface area contributed by atoms with Gasteiger partial charge in [-0.05, 0) is 31.4 Å². The average molecular weight is 182 g/mol. The first-order valence-electron chi connectivity index (χ1n) is 4.29. The predicted molar refractivity (Wildman–Crippen MR) is 52.8 cm³/mol. The maximum Gasteiger partial charge on any atom is 0.0666 e. The molecule has 0 atom stereocenters. The number of anilines is 1. The van der Waals surface area contributed by atoms with E-state index in [1.54, 1.807) is 0 Å². The van der Waals surface area contributed by atoms with E-state index in [0.29, 0.717) is 6.04 Å². The zero-order valence-electron chi connectivity index (χ0n) is 7.10. The first-order chi connectivity index (χ1) is 5.77. The van der Waals surface area contributed by atoms with E-state index in [1.165, 1.54) is 12.8 Å². The number of nitrogens with one attached hydrogen (secondary N) is 1. The Labute approximate surface area is 77.7 Å². The Morgan fingerprint density at radius 3 is 2.83 bits per heavy atom. The van der Waals surface area contributed by atoms with E-state index in [2.05, 4.69) is 5.32 Å².